The molecule has 1 unspecified atom stereocenters. The molecule has 1 aliphatic heterocycles. The minimum absolute atomic E-state index is 0.0313. The van der Waals surface area contributed by atoms with Crippen LogP contribution >= 0.6 is 0 Å². The van der Waals surface area contributed by atoms with E-state index in [0.29, 0.717) is 12.1 Å². The van der Waals surface area contributed by atoms with Crippen molar-refractivity contribution in [3.8, 4) is 0 Å². The first-order valence-electron chi connectivity index (χ1n) is 8.19. The van der Waals surface area contributed by atoms with E-state index in [1.807, 2.05) is 6.92 Å². The van der Waals surface area contributed by atoms with Crippen molar-refractivity contribution in [1.82, 2.24) is 9.62 Å². The SMILES string of the molecule is Cc1ccc([N+](=O)[O-])cc1S(=O)(=O)NCC(C)N1CCC(C)CC1. The zero-order chi connectivity index (χ0) is 17.9. The Kier molecular flexibility index (Phi) is 5.95. The maximum absolute atomic E-state index is 12.5. The normalized spacial score (nSPS) is 18.5. The molecule has 1 aromatic rings. The third-order valence-electron chi connectivity index (χ3n) is 4.68. The second kappa shape index (κ2) is 7.58. The van der Waals surface area contributed by atoms with E-state index >= 15 is 0 Å². The lowest BCUT2D eigenvalue weighted by molar-refractivity contribution is -0.385. The van der Waals surface area contributed by atoms with Crippen LogP contribution in [0, 0.1) is 23.0 Å². The van der Waals surface area contributed by atoms with Crippen LogP contribution < -0.4 is 4.72 Å². The van der Waals surface area contributed by atoms with Crippen LogP contribution in [0.4, 0.5) is 5.69 Å². The summed E-state index contributed by atoms with van der Waals surface area (Å²) >= 11 is 0. The summed E-state index contributed by atoms with van der Waals surface area (Å²) in [6.07, 6.45) is 2.25. The molecule has 1 fully saturated rings. The van der Waals surface area contributed by atoms with Crippen LogP contribution in [0.25, 0.3) is 0 Å². The summed E-state index contributed by atoms with van der Waals surface area (Å²) < 4.78 is 27.6. The van der Waals surface area contributed by atoms with Gasteiger partial charge in [0.2, 0.25) is 10.0 Å². The highest BCUT2D eigenvalue weighted by atomic mass is 32.2. The molecular formula is C16H25N3O4S. The zero-order valence-electron chi connectivity index (χ0n) is 14.4. The molecule has 0 amide bonds. The zero-order valence-corrected chi connectivity index (χ0v) is 15.2. The van der Waals surface area contributed by atoms with Crippen molar-refractivity contribution < 1.29 is 13.3 Å². The minimum Gasteiger partial charge on any atom is -0.299 e. The smallest absolute Gasteiger partial charge is 0.270 e. The second-order valence-electron chi connectivity index (χ2n) is 6.63. The number of benzene rings is 1. The van der Waals surface area contributed by atoms with Crippen molar-refractivity contribution in [1.29, 1.82) is 0 Å². The van der Waals surface area contributed by atoms with Crippen LogP contribution in [-0.4, -0.2) is 43.9 Å². The Bertz CT molecular complexity index is 697. The Labute approximate surface area is 143 Å². The Morgan fingerprint density at radius 1 is 1.38 bits per heavy atom. The molecule has 0 bridgehead atoms. The van der Waals surface area contributed by atoms with Crippen molar-refractivity contribution in [2.45, 2.75) is 44.6 Å². The third kappa shape index (κ3) is 4.52. The first kappa shape index (κ1) is 18.8. The minimum atomic E-state index is -3.77. The van der Waals surface area contributed by atoms with Gasteiger partial charge in [-0.1, -0.05) is 13.0 Å². The van der Waals surface area contributed by atoms with E-state index in [2.05, 4.69) is 16.5 Å². The van der Waals surface area contributed by atoms with Crippen LogP contribution in [0.15, 0.2) is 23.1 Å². The fourth-order valence-corrected chi connectivity index (χ4v) is 4.28. The summed E-state index contributed by atoms with van der Waals surface area (Å²) in [7, 11) is -3.77. The van der Waals surface area contributed by atoms with Crippen molar-refractivity contribution in [2.75, 3.05) is 19.6 Å². The van der Waals surface area contributed by atoms with E-state index in [1.54, 1.807) is 6.92 Å². The molecular weight excluding hydrogens is 330 g/mol. The van der Waals surface area contributed by atoms with Crippen LogP contribution in [0.1, 0.15) is 32.3 Å². The average Bonchev–Trinajstić information content (AvgIpc) is 2.53. The monoisotopic (exact) mass is 355 g/mol. The lowest BCUT2D eigenvalue weighted by atomic mass is 9.98. The molecule has 1 saturated heterocycles. The van der Waals surface area contributed by atoms with Gasteiger partial charge in [-0.2, -0.15) is 0 Å². The number of nitro benzene ring substituents is 1. The van der Waals surface area contributed by atoms with E-state index in [9.17, 15) is 18.5 Å². The van der Waals surface area contributed by atoms with Gasteiger partial charge in [0.1, 0.15) is 0 Å². The molecule has 0 radical (unpaired) electrons. The second-order valence-corrected chi connectivity index (χ2v) is 8.36. The van der Waals surface area contributed by atoms with E-state index < -0.39 is 14.9 Å². The molecule has 24 heavy (non-hydrogen) atoms. The van der Waals surface area contributed by atoms with Gasteiger partial charge in [0.05, 0.1) is 9.82 Å². The van der Waals surface area contributed by atoms with Gasteiger partial charge in [-0.15, -0.1) is 0 Å². The average molecular weight is 355 g/mol. The number of nitrogens with zero attached hydrogens (tertiary/aromatic N) is 2. The lowest BCUT2D eigenvalue weighted by Gasteiger charge is -2.35. The molecule has 0 spiro atoms. The predicted molar refractivity (Wildman–Crippen MR) is 92.5 cm³/mol. The quantitative estimate of drug-likeness (QED) is 0.624. The summed E-state index contributed by atoms with van der Waals surface area (Å²) in [6, 6.07) is 3.98. The van der Waals surface area contributed by atoms with Crippen LogP contribution in [0.5, 0.6) is 0 Å². The summed E-state index contributed by atoms with van der Waals surface area (Å²) in [5, 5.41) is 10.9. The number of piperidine rings is 1. The van der Waals surface area contributed by atoms with Crippen LogP contribution in [0.3, 0.4) is 0 Å². The number of nitrogens with one attached hydrogen (secondary N) is 1. The third-order valence-corrected chi connectivity index (χ3v) is 6.25. The number of rotatable bonds is 6. The van der Waals surface area contributed by atoms with Gasteiger partial charge < -0.3 is 0 Å². The topological polar surface area (TPSA) is 92.5 Å². The molecule has 134 valence electrons. The molecule has 2 rings (SSSR count). The lowest BCUT2D eigenvalue weighted by Crippen LogP contribution is -2.45. The van der Waals surface area contributed by atoms with Gasteiger partial charge in [-0.25, -0.2) is 13.1 Å². The maximum Gasteiger partial charge on any atom is 0.270 e. The fraction of sp³-hybridized carbons (Fsp3) is 0.625. The highest BCUT2D eigenvalue weighted by molar-refractivity contribution is 7.89. The maximum atomic E-state index is 12.5. The molecule has 0 aromatic heterocycles. The van der Waals surface area contributed by atoms with Crippen LogP contribution in [0.2, 0.25) is 0 Å². The number of aryl methyl sites for hydroxylation is 1. The van der Waals surface area contributed by atoms with E-state index in [0.717, 1.165) is 37.9 Å². The summed E-state index contributed by atoms with van der Waals surface area (Å²) in [6.45, 7) is 8.10. The Hall–Kier alpha value is -1.51. The fourth-order valence-electron chi connectivity index (χ4n) is 2.90. The molecule has 0 aliphatic carbocycles. The first-order valence-corrected chi connectivity index (χ1v) is 9.68. The van der Waals surface area contributed by atoms with Crippen molar-refractivity contribution in [2.24, 2.45) is 5.92 Å². The molecule has 0 saturated carbocycles. The van der Waals surface area contributed by atoms with E-state index in [-0.39, 0.29) is 16.6 Å². The molecule has 1 aromatic carbocycles. The standard InChI is InChI=1S/C16H25N3O4S/c1-12-6-8-18(9-7-12)14(3)11-17-24(22,23)16-10-15(19(20)21)5-4-13(16)2/h4-5,10,12,14,17H,6-9,11H2,1-3H3. The number of likely N-dealkylation sites (tertiary alicyclic amines) is 1. The van der Waals surface area contributed by atoms with E-state index in [4.69, 9.17) is 0 Å². The Morgan fingerprint density at radius 3 is 2.58 bits per heavy atom. The molecule has 1 atom stereocenters. The van der Waals surface area contributed by atoms with E-state index in [1.165, 1.54) is 12.1 Å². The van der Waals surface area contributed by atoms with Gasteiger partial charge in [0, 0.05) is 24.7 Å². The van der Waals surface area contributed by atoms with Gasteiger partial charge in [0.15, 0.2) is 0 Å². The first-order chi connectivity index (χ1) is 11.2. The predicted octanol–water partition coefficient (Wildman–Crippen LogP) is 2.30. The number of non-ortho nitro benzene ring substituents is 1. The summed E-state index contributed by atoms with van der Waals surface area (Å²) in [4.78, 5) is 12.5. The van der Waals surface area contributed by atoms with Gasteiger partial charge in [-0.05, 0) is 51.3 Å². The Balaban J connectivity index is 2.06. The Morgan fingerprint density at radius 2 is 2.00 bits per heavy atom. The van der Waals surface area contributed by atoms with Crippen molar-refractivity contribution >= 4 is 15.7 Å². The van der Waals surface area contributed by atoms with Gasteiger partial charge >= 0.3 is 0 Å². The summed E-state index contributed by atoms with van der Waals surface area (Å²) in [5.74, 6) is 0.720. The number of hydrogen-bond acceptors (Lipinski definition) is 5. The molecule has 8 heteroatoms. The number of sulfonamides is 1. The molecule has 1 aliphatic rings. The highest BCUT2D eigenvalue weighted by Gasteiger charge is 2.24. The largest absolute Gasteiger partial charge is 0.299 e. The molecule has 1 N–H and O–H groups in total. The van der Waals surface area contributed by atoms with Crippen LogP contribution in [-0.2, 0) is 10.0 Å². The number of hydrogen-bond donors (Lipinski definition) is 1. The molecule has 1 heterocycles. The highest BCUT2D eigenvalue weighted by Crippen LogP contribution is 2.22. The van der Waals surface area contributed by atoms with Crippen molar-refractivity contribution in [3.05, 3.63) is 33.9 Å². The van der Waals surface area contributed by atoms with Crippen molar-refractivity contribution in [3.63, 3.8) is 0 Å². The number of nitro groups is 1. The molecule has 7 nitrogen and oxygen atoms in total. The van der Waals surface area contributed by atoms with Gasteiger partial charge in [0.25, 0.3) is 5.69 Å². The van der Waals surface area contributed by atoms with Gasteiger partial charge in [-0.3, -0.25) is 15.0 Å². The summed E-state index contributed by atoms with van der Waals surface area (Å²) in [5.41, 5.74) is 0.270.